The van der Waals surface area contributed by atoms with Gasteiger partial charge in [0, 0.05) is 28.7 Å². The summed E-state index contributed by atoms with van der Waals surface area (Å²) in [6.45, 7) is 2.40. The molecule has 6 heteroatoms. The van der Waals surface area contributed by atoms with Gasteiger partial charge in [0.05, 0.1) is 6.54 Å². The van der Waals surface area contributed by atoms with E-state index in [0.717, 1.165) is 16.8 Å². The lowest BCUT2D eigenvalue weighted by molar-refractivity contribution is 0.384. The molecule has 106 valence electrons. The van der Waals surface area contributed by atoms with Crippen LogP contribution in [-0.2, 0) is 6.54 Å². The monoisotopic (exact) mass is 300 g/mol. The van der Waals surface area contributed by atoms with Gasteiger partial charge in [-0.2, -0.15) is 4.98 Å². The largest absolute Gasteiger partial charge is 0.376 e. The minimum Gasteiger partial charge on any atom is -0.376 e. The van der Waals surface area contributed by atoms with Crippen LogP contribution in [0, 0.1) is 6.92 Å². The molecule has 0 atom stereocenters. The van der Waals surface area contributed by atoms with E-state index in [1.54, 1.807) is 12.4 Å². The van der Waals surface area contributed by atoms with E-state index in [2.05, 4.69) is 20.4 Å². The number of rotatable bonds is 4. The minimum absolute atomic E-state index is 0.442. The van der Waals surface area contributed by atoms with E-state index in [1.165, 1.54) is 0 Å². The Balaban J connectivity index is 1.72. The molecule has 0 saturated carbocycles. The zero-order valence-electron chi connectivity index (χ0n) is 11.4. The van der Waals surface area contributed by atoms with Gasteiger partial charge in [0.2, 0.25) is 11.7 Å². The van der Waals surface area contributed by atoms with Crippen LogP contribution in [0.25, 0.3) is 11.4 Å². The lowest BCUT2D eigenvalue weighted by atomic mass is 10.1. The Labute approximate surface area is 127 Å². The van der Waals surface area contributed by atoms with Crippen molar-refractivity contribution in [1.29, 1.82) is 0 Å². The van der Waals surface area contributed by atoms with E-state index in [0.29, 0.717) is 23.3 Å². The molecule has 0 aliphatic carbocycles. The number of nitrogens with zero attached hydrogens (tertiary/aromatic N) is 3. The zero-order chi connectivity index (χ0) is 14.7. The lowest BCUT2D eigenvalue weighted by Gasteiger charge is -2.02. The molecule has 2 aromatic heterocycles. The second-order valence-electron chi connectivity index (χ2n) is 4.57. The van der Waals surface area contributed by atoms with Crippen molar-refractivity contribution in [2.45, 2.75) is 13.5 Å². The van der Waals surface area contributed by atoms with Crippen molar-refractivity contribution in [1.82, 2.24) is 15.1 Å². The van der Waals surface area contributed by atoms with Crippen molar-refractivity contribution in [3.8, 4) is 11.4 Å². The SMILES string of the molecule is Cc1cnccc1-c1noc(CNc2cccc(Cl)c2)n1. The van der Waals surface area contributed by atoms with E-state index in [1.807, 2.05) is 37.3 Å². The molecule has 0 aliphatic rings. The van der Waals surface area contributed by atoms with Gasteiger partial charge in [-0.15, -0.1) is 0 Å². The number of halogens is 1. The molecule has 0 unspecified atom stereocenters. The molecule has 1 N–H and O–H groups in total. The molecule has 3 aromatic rings. The highest BCUT2D eigenvalue weighted by Gasteiger charge is 2.10. The summed E-state index contributed by atoms with van der Waals surface area (Å²) in [7, 11) is 0. The van der Waals surface area contributed by atoms with Gasteiger partial charge in [0.1, 0.15) is 0 Å². The molecule has 0 spiro atoms. The van der Waals surface area contributed by atoms with Crippen LogP contribution >= 0.6 is 11.6 Å². The van der Waals surface area contributed by atoms with Crippen molar-refractivity contribution in [3.63, 3.8) is 0 Å². The summed E-state index contributed by atoms with van der Waals surface area (Å²) in [5, 5.41) is 7.86. The standard InChI is InChI=1S/C15H13ClN4O/c1-10-8-17-6-5-13(10)15-19-14(21-20-15)9-18-12-4-2-3-11(16)7-12/h2-8,18H,9H2,1H3. The average molecular weight is 301 g/mol. The van der Waals surface area contributed by atoms with Gasteiger partial charge < -0.3 is 9.84 Å². The molecule has 0 aliphatic heterocycles. The third-order valence-electron chi connectivity index (χ3n) is 3.00. The van der Waals surface area contributed by atoms with E-state index in [4.69, 9.17) is 16.1 Å². The van der Waals surface area contributed by atoms with Gasteiger partial charge in [-0.05, 0) is 36.8 Å². The molecule has 0 fully saturated rings. The predicted octanol–water partition coefficient (Wildman–Crippen LogP) is 3.71. The summed E-state index contributed by atoms with van der Waals surface area (Å²) < 4.78 is 5.25. The highest BCUT2D eigenvalue weighted by Crippen LogP contribution is 2.20. The Hall–Kier alpha value is -2.40. The first-order valence-electron chi connectivity index (χ1n) is 6.45. The fourth-order valence-corrected chi connectivity index (χ4v) is 2.13. The van der Waals surface area contributed by atoms with E-state index in [-0.39, 0.29) is 0 Å². The normalized spacial score (nSPS) is 10.6. The molecule has 21 heavy (non-hydrogen) atoms. The average Bonchev–Trinajstić information content (AvgIpc) is 2.94. The maximum absolute atomic E-state index is 5.93. The number of hydrogen-bond acceptors (Lipinski definition) is 5. The molecule has 0 bridgehead atoms. The molecule has 0 amide bonds. The van der Waals surface area contributed by atoms with Gasteiger partial charge in [0.25, 0.3) is 0 Å². The quantitative estimate of drug-likeness (QED) is 0.796. The summed E-state index contributed by atoms with van der Waals surface area (Å²) in [6.07, 6.45) is 3.48. The van der Waals surface area contributed by atoms with Crippen LogP contribution in [0.2, 0.25) is 5.02 Å². The Bertz CT molecular complexity index is 757. The molecule has 2 heterocycles. The first-order chi connectivity index (χ1) is 10.2. The molecule has 0 radical (unpaired) electrons. The molecule has 0 saturated heterocycles. The van der Waals surface area contributed by atoms with Gasteiger partial charge in [-0.25, -0.2) is 0 Å². The van der Waals surface area contributed by atoms with Gasteiger partial charge >= 0.3 is 0 Å². The maximum atomic E-state index is 5.93. The molecule has 1 aromatic carbocycles. The first-order valence-corrected chi connectivity index (χ1v) is 6.83. The second-order valence-corrected chi connectivity index (χ2v) is 5.00. The summed E-state index contributed by atoms with van der Waals surface area (Å²) in [5.74, 6) is 1.08. The van der Waals surface area contributed by atoms with Gasteiger partial charge in [0.15, 0.2) is 0 Å². The van der Waals surface area contributed by atoms with Crippen LogP contribution in [0.3, 0.4) is 0 Å². The number of aryl methyl sites for hydroxylation is 1. The first kappa shape index (κ1) is 13.6. The zero-order valence-corrected chi connectivity index (χ0v) is 12.1. The Morgan fingerprint density at radius 3 is 3.00 bits per heavy atom. The van der Waals surface area contributed by atoms with Gasteiger partial charge in [-0.3, -0.25) is 4.98 Å². The van der Waals surface area contributed by atoms with E-state index in [9.17, 15) is 0 Å². The third kappa shape index (κ3) is 3.20. The second kappa shape index (κ2) is 5.93. The number of hydrogen-bond donors (Lipinski definition) is 1. The highest BCUT2D eigenvalue weighted by molar-refractivity contribution is 6.30. The van der Waals surface area contributed by atoms with Gasteiger partial charge in [-0.1, -0.05) is 22.8 Å². The van der Waals surface area contributed by atoms with Crippen molar-refractivity contribution < 1.29 is 4.52 Å². The Kier molecular flexibility index (Phi) is 3.83. The number of aromatic nitrogens is 3. The van der Waals surface area contributed by atoms with Crippen LogP contribution in [-0.4, -0.2) is 15.1 Å². The topological polar surface area (TPSA) is 63.8 Å². The summed E-state index contributed by atoms with van der Waals surface area (Å²) in [6, 6.07) is 9.34. The minimum atomic E-state index is 0.442. The fourth-order valence-electron chi connectivity index (χ4n) is 1.94. The number of benzene rings is 1. The third-order valence-corrected chi connectivity index (χ3v) is 3.23. The van der Waals surface area contributed by atoms with Crippen LogP contribution < -0.4 is 5.32 Å². The summed E-state index contributed by atoms with van der Waals surface area (Å²) in [4.78, 5) is 8.43. The molecule has 5 nitrogen and oxygen atoms in total. The number of nitrogens with one attached hydrogen (secondary N) is 1. The molecular formula is C15H13ClN4O. The maximum Gasteiger partial charge on any atom is 0.246 e. The Morgan fingerprint density at radius 2 is 2.19 bits per heavy atom. The van der Waals surface area contributed by atoms with Crippen molar-refractivity contribution in [3.05, 3.63) is 59.2 Å². The summed E-state index contributed by atoms with van der Waals surface area (Å²) >= 11 is 5.93. The van der Waals surface area contributed by atoms with Crippen molar-refractivity contribution >= 4 is 17.3 Å². The summed E-state index contributed by atoms with van der Waals surface area (Å²) in [5.41, 5.74) is 2.83. The molecular weight excluding hydrogens is 288 g/mol. The highest BCUT2D eigenvalue weighted by atomic mass is 35.5. The smallest absolute Gasteiger partial charge is 0.246 e. The lowest BCUT2D eigenvalue weighted by Crippen LogP contribution is -1.99. The number of anilines is 1. The fraction of sp³-hybridized carbons (Fsp3) is 0.133. The predicted molar refractivity (Wildman–Crippen MR) is 81.0 cm³/mol. The van der Waals surface area contributed by atoms with Crippen molar-refractivity contribution in [2.75, 3.05) is 5.32 Å². The van der Waals surface area contributed by atoms with Crippen LogP contribution in [0.4, 0.5) is 5.69 Å². The van der Waals surface area contributed by atoms with Crippen LogP contribution in [0.15, 0.2) is 47.2 Å². The van der Waals surface area contributed by atoms with E-state index < -0.39 is 0 Å². The van der Waals surface area contributed by atoms with Crippen LogP contribution in [0.1, 0.15) is 11.5 Å². The Morgan fingerprint density at radius 1 is 1.29 bits per heavy atom. The van der Waals surface area contributed by atoms with Crippen LogP contribution in [0.5, 0.6) is 0 Å². The van der Waals surface area contributed by atoms with Crippen molar-refractivity contribution in [2.24, 2.45) is 0 Å². The van der Waals surface area contributed by atoms with E-state index >= 15 is 0 Å². The number of pyridine rings is 1. The molecule has 3 rings (SSSR count).